The largest absolute Gasteiger partial charge is 0.490 e. The van der Waals surface area contributed by atoms with Crippen LogP contribution in [0.1, 0.15) is 23.6 Å². The lowest BCUT2D eigenvalue weighted by molar-refractivity contribution is -0.384. The zero-order valence-electron chi connectivity index (χ0n) is 19.1. The zero-order valence-corrected chi connectivity index (χ0v) is 19.8. The van der Waals surface area contributed by atoms with Crippen LogP contribution in [0.25, 0.3) is 6.08 Å². The Morgan fingerprint density at radius 2 is 1.86 bits per heavy atom. The van der Waals surface area contributed by atoms with E-state index >= 15 is 0 Å². The molecule has 0 saturated heterocycles. The summed E-state index contributed by atoms with van der Waals surface area (Å²) >= 11 is 5.96. The highest BCUT2D eigenvalue weighted by atomic mass is 35.5. The Labute approximate surface area is 207 Å². The van der Waals surface area contributed by atoms with Crippen LogP contribution < -0.4 is 14.8 Å². The summed E-state index contributed by atoms with van der Waals surface area (Å²) in [5.74, 6) is 0.353. The third-order valence-electron chi connectivity index (χ3n) is 4.92. The molecule has 0 bridgehead atoms. The van der Waals surface area contributed by atoms with E-state index in [9.17, 15) is 20.2 Å². The lowest BCUT2D eigenvalue weighted by Gasteiger charge is -2.13. The second-order valence-electron chi connectivity index (χ2n) is 7.43. The van der Waals surface area contributed by atoms with Gasteiger partial charge in [0, 0.05) is 22.8 Å². The lowest BCUT2D eigenvalue weighted by atomic mass is 10.1. The molecule has 0 aromatic heterocycles. The molecule has 0 radical (unpaired) electrons. The Balaban J connectivity index is 1.77. The average Bonchev–Trinajstić information content (AvgIpc) is 2.84. The second-order valence-corrected chi connectivity index (χ2v) is 7.87. The molecule has 8 nitrogen and oxygen atoms in total. The van der Waals surface area contributed by atoms with Crippen LogP contribution in [0.5, 0.6) is 11.5 Å². The van der Waals surface area contributed by atoms with E-state index in [0.29, 0.717) is 34.4 Å². The predicted octanol–water partition coefficient (Wildman–Crippen LogP) is 6.08. The SMILES string of the molecule is CCOc1cc(/C=C(\C#N)C(=O)Nc2ccc(Cl)cc2C)ccc1OCc1ccc([N+](=O)[O-])cc1. The Morgan fingerprint density at radius 3 is 2.49 bits per heavy atom. The number of nitriles is 1. The Hall–Kier alpha value is -4.35. The van der Waals surface area contributed by atoms with Crippen LogP contribution >= 0.6 is 11.6 Å². The van der Waals surface area contributed by atoms with Gasteiger partial charge in [0.2, 0.25) is 0 Å². The van der Waals surface area contributed by atoms with E-state index in [1.54, 1.807) is 55.5 Å². The molecule has 1 N–H and O–H groups in total. The van der Waals surface area contributed by atoms with Gasteiger partial charge in [0.05, 0.1) is 11.5 Å². The van der Waals surface area contributed by atoms with Crippen molar-refractivity contribution in [2.24, 2.45) is 0 Å². The van der Waals surface area contributed by atoms with Crippen molar-refractivity contribution in [2.75, 3.05) is 11.9 Å². The number of anilines is 1. The fourth-order valence-corrected chi connectivity index (χ4v) is 3.38. The minimum absolute atomic E-state index is 0.00320. The first-order valence-electron chi connectivity index (χ1n) is 10.6. The van der Waals surface area contributed by atoms with Gasteiger partial charge in [-0.3, -0.25) is 14.9 Å². The van der Waals surface area contributed by atoms with E-state index in [4.69, 9.17) is 21.1 Å². The molecule has 3 aromatic rings. The Bertz CT molecular complexity index is 1310. The van der Waals surface area contributed by atoms with Crippen molar-refractivity contribution >= 4 is 35.0 Å². The summed E-state index contributed by atoms with van der Waals surface area (Å²) in [6.07, 6.45) is 1.46. The van der Waals surface area contributed by atoms with Crippen LogP contribution in [0.3, 0.4) is 0 Å². The monoisotopic (exact) mass is 491 g/mol. The van der Waals surface area contributed by atoms with E-state index in [1.165, 1.54) is 18.2 Å². The fraction of sp³-hybridized carbons (Fsp3) is 0.154. The Kier molecular flexibility index (Phi) is 8.43. The minimum Gasteiger partial charge on any atom is -0.490 e. The third kappa shape index (κ3) is 6.82. The van der Waals surface area contributed by atoms with Crippen molar-refractivity contribution in [3.05, 3.63) is 98.1 Å². The fourth-order valence-electron chi connectivity index (χ4n) is 3.15. The molecule has 0 heterocycles. The summed E-state index contributed by atoms with van der Waals surface area (Å²) in [5, 5.41) is 23.6. The van der Waals surface area contributed by atoms with Crippen molar-refractivity contribution in [3.8, 4) is 17.6 Å². The second kappa shape index (κ2) is 11.7. The highest BCUT2D eigenvalue weighted by molar-refractivity contribution is 6.30. The quantitative estimate of drug-likeness (QED) is 0.168. The molecular weight excluding hydrogens is 470 g/mol. The number of amides is 1. The molecule has 0 saturated carbocycles. The summed E-state index contributed by atoms with van der Waals surface area (Å²) in [4.78, 5) is 23.0. The van der Waals surface area contributed by atoms with E-state index in [-0.39, 0.29) is 17.9 Å². The van der Waals surface area contributed by atoms with Crippen LogP contribution in [0, 0.1) is 28.4 Å². The standard InChI is InChI=1S/C26H22ClN3O5/c1-3-34-25-14-19(6-11-24(25)35-16-18-4-8-22(9-5-18)30(32)33)13-20(15-28)26(31)29-23-10-7-21(27)12-17(23)2/h4-14H,3,16H2,1-2H3,(H,29,31)/b20-13+. The van der Waals surface area contributed by atoms with Crippen molar-refractivity contribution in [1.82, 2.24) is 0 Å². The number of carbonyl (C=O) groups is 1. The number of nitro benzene ring substituents is 1. The highest BCUT2D eigenvalue weighted by Crippen LogP contribution is 2.30. The molecule has 9 heteroatoms. The first kappa shape index (κ1) is 25.3. The maximum Gasteiger partial charge on any atom is 0.269 e. The summed E-state index contributed by atoms with van der Waals surface area (Å²) in [6.45, 7) is 4.19. The van der Waals surface area contributed by atoms with Crippen LogP contribution in [0.4, 0.5) is 11.4 Å². The van der Waals surface area contributed by atoms with Gasteiger partial charge in [-0.05, 0) is 79.1 Å². The molecule has 35 heavy (non-hydrogen) atoms. The molecule has 0 aliphatic heterocycles. The zero-order chi connectivity index (χ0) is 25.4. The van der Waals surface area contributed by atoms with E-state index in [1.807, 2.05) is 13.0 Å². The number of aryl methyl sites for hydroxylation is 1. The number of rotatable bonds is 9. The van der Waals surface area contributed by atoms with Crippen LogP contribution in [-0.4, -0.2) is 17.4 Å². The number of halogens is 1. The first-order chi connectivity index (χ1) is 16.8. The van der Waals surface area contributed by atoms with Crippen molar-refractivity contribution in [3.63, 3.8) is 0 Å². The number of benzene rings is 3. The molecule has 0 spiro atoms. The number of carbonyl (C=O) groups excluding carboxylic acids is 1. The number of ether oxygens (including phenoxy) is 2. The van der Waals surface area contributed by atoms with Gasteiger partial charge in [-0.15, -0.1) is 0 Å². The third-order valence-corrected chi connectivity index (χ3v) is 5.16. The number of nitrogens with one attached hydrogen (secondary N) is 1. The minimum atomic E-state index is -0.547. The van der Waals surface area contributed by atoms with Gasteiger partial charge in [0.1, 0.15) is 18.2 Å². The molecule has 0 aliphatic rings. The number of hydrogen-bond acceptors (Lipinski definition) is 6. The van der Waals surface area contributed by atoms with E-state index < -0.39 is 10.8 Å². The van der Waals surface area contributed by atoms with Crippen molar-refractivity contribution in [1.29, 1.82) is 5.26 Å². The van der Waals surface area contributed by atoms with Gasteiger partial charge in [-0.1, -0.05) is 17.7 Å². The smallest absolute Gasteiger partial charge is 0.269 e. The van der Waals surface area contributed by atoms with Crippen molar-refractivity contribution in [2.45, 2.75) is 20.5 Å². The molecule has 0 atom stereocenters. The van der Waals surface area contributed by atoms with Crippen LogP contribution in [-0.2, 0) is 11.4 Å². The van der Waals surface area contributed by atoms with Gasteiger partial charge in [-0.25, -0.2) is 0 Å². The van der Waals surface area contributed by atoms with E-state index in [0.717, 1.165) is 11.1 Å². The molecule has 3 rings (SSSR count). The summed E-state index contributed by atoms with van der Waals surface area (Å²) in [5.41, 5.74) is 2.59. The first-order valence-corrected chi connectivity index (χ1v) is 11.0. The molecule has 0 fully saturated rings. The Morgan fingerprint density at radius 1 is 1.11 bits per heavy atom. The summed E-state index contributed by atoms with van der Waals surface area (Å²) in [7, 11) is 0. The molecule has 3 aromatic carbocycles. The number of non-ortho nitro benzene ring substituents is 1. The normalized spacial score (nSPS) is 10.9. The molecule has 0 unspecified atom stereocenters. The highest BCUT2D eigenvalue weighted by Gasteiger charge is 2.13. The lowest BCUT2D eigenvalue weighted by Crippen LogP contribution is -2.14. The topological polar surface area (TPSA) is 114 Å². The predicted molar refractivity (Wildman–Crippen MR) is 133 cm³/mol. The summed E-state index contributed by atoms with van der Waals surface area (Å²) < 4.78 is 11.5. The average molecular weight is 492 g/mol. The van der Waals surface area contributed by atoms with Gasteiger partial charge >= 0.3 is 0 Å². The maximum absolute atomic E-state index is 12.7. The maximum atomic E-state index is 12.7. The number of nitro groups is 1. The summed E-state index contributed by atoms with van der Waals surface area (Å²) in [6, 6.07) is 18.1. The van der Waals surface area contributed by atoms with Crippen molar-refractivity contribution < 1.29 is 19.2 Å². The van der Waals surface area contributed by atoms with Gasteiger partial charge < -0.3 is 14.8 Å². The number of nitrogens with zero attached hydrogens (tertiary/aromatic N) is 2. The van der Waals surface area contributed by atoms with Gasteiger partial charge in [-0.2, -0.15) is 5.26 Å². The molecule has 1 amide bonds. The van der Waals surface area contributed by atoms with Gasteiger partial charge in [0.25, 0.3) is 11.6 Å². The molecule has 178 valence electrons. The number of hydrogen-bond donors (Lipinski definition) is 1. The van der Waals surface area contributed by atoms with Crippen LogP contribution in [0.2, 0.25) is 5.02 Å². The molecular formula is C26H22ClN3O5. The van der Waals surface area contributed by atoms with E-state index in [2.05, 4.69) is 5.32 Å². The van der Waals surface area contributed by atoms with Gasteiger partial charge in [0.15, 0.2) is 11.5 Å². The molecule has 0 aliphatic carbocycles. The van der Waals surface area contributed by atoms with Crippen LogP contribution in [0.15, 0.2) is 66.2 Å².